The Morgan fingerprint density at radius 2 is 2.18 bits per heavy atom. The molecular weight excluding hydrogens is 216 g/mol. The summed E-state index contributed by atoms with van der Waals surface area (Å²) in [6, 6.07) is 9.73. The van der Waals surface area contributed by atoms with Crippen molar-refractivity contribution in [2.45, 2.75) is 25.4 Å². The first-order valence-corrected chi connectivity index (χ1v) is 6.00. The van der Waals surface area contributed by atoms with E-state index in [0.717, 1.165) is 24.9 Å². The molecule has 92 valence electrons. The first-order valence-electron chi connectivity index (χ1n) is 6.00. The first kappa shape index (κ1) is 11.9. The normalized spacial score (nSPS) is 19.4. The number of aliphatic hydroxyl groups excluding tert-OH is 1. The molecule has 1 unspecified atom stereocenters. The maximum atomic E-state index is 11.9. The van der Waals surface area contributed by atoms with Gasteiger partial charge in [0.1, 0.15) is 0 Å². The number of nitrogens with one attached hydrogen (secondary N) is 1. The summed E-state index contributed by atoms with van der Waals surface area (Å²) in [5, 5.41) is 12.0. The minimum absolute atomic E-state index is 0.00854. The standard InChI is InChI=1S/C13H18N2O2/c16-10-12-7-4-8-15(12)13(17)14-9-11-5-2-1-3-6-11/h1-3,5-6,12,16H,4,7-10H2,(H,14,17). The SMILES string of the molecule is O=C(NCc1ccccc1)N1CCCC1CO. The zero-order valence-electron chi connectivity index (χ0n) is 9.80. The van der Waals surface area contributed by atoms with Gasteiger partial charge in [0.2, 0.25) is 0 Å². The molecule has 1 aliphatic rings. The van der Waals surface area contributed by atoms with Gasteiger partial charge in [-0.2, -0.15) is 0 Å². The van der Waals surface area contributed by atoms with Crippen molar-refractivity contribution in [3.8, 4) is 0 Å². The molecule has 0 bridgehead atoms. The Hall–Kier alpha value is -1.55. The Labute approximate surface area is 101 Å². The highest BCUT2D eigenvalue weighted by Crippen LogP contribution is 2.16. The van der Waals surface area contributed by atoms with Crippen molar-refractivity contribution in [2.24, 2.45) is 0 Å². The molecule has 0 spiro atoms. The third-order valence-electron chi connectivity index (χ3n) is 3.14. The van der Waals surface area contributed by atoms with Crippen LogP contribution in [-0.4, -0.2) is 35.2 Å². The third-order valence-corrected chi connectivity index (χ3v) is 3.14. The van der Waals surface area contributed by atoms with E-state index in [1.807, 2.05) is 30.3 Å². The van der Waals surface area contributed by atoms with Gasteiger partial charge < -0.3 is 15.3 Å². The second-order valence-corrected chi connectivity index (χ2v) is 4.32. The van der Waals surface area contributed by atoms with E-state index in [2.05, 4.69) is 5.32 Å². The van der Waals surface area contributed by atoms with Crippen LogP contribution < -0.4 is 5.32 Å². The zero-order valence-corrected chi connectivity index (χ0v) is 9.80. The van der Waals surface area contributed by atoms with Crippen molar-refractivity contribution >= 4 is 6.03 Å². The highest BCUT2D eigenvalue weighted by molar-refractivity contribution is 5.74. The molecule has 1 fully saturated rings. The summed E-state index contributed by atoms with van der Waals surface area (Å²) < 4.78 is 0. The van der Waals surface area contributed by atoms with Crippen molar-refractivity contribution in [1.29, 1.82) is 0 Å². The second-order valence-electron chi connectivity index (χ2n) is 4.32. The lowest BCUT2D eigenvalue weighted by molar-refractivity contribution is 0.157. The molecule has 1 saturated heterocycles. The van der Waals surface area contributed by atoms with E-state index in [-0.39, 0.29) is 18.7 Å². The largest absolute Gasteiger partial charge is 0.394 e. The summed E-state index contributed by atoms with van der Waals surface area (Å²) in [5.41, 5.74) is 1.08. The number of aliphatic hydroxyl groups is 1. The predicted octanol–water partition coefficient (Wildman–Crippen LogP) is 1.35. The molecule has 1 atom stereocenters. The lowest BCUT2D eigenvalue weighted by Gasteiger charge is -2.23. The first-order chi connectivity index (χ1) is 8.31. The molecule has 17 heavy (non-hydrogen) atoms. The Balaban J connectivity index is 1.85. The molecule has 4 heteroatoms. The van der Waals surface area contributed by atoms with Crippen molar-refractivity contribution in [2.75, 3.05) is 13.2 Å². The van der Waals surface area contributed by atoms with E-state index >= 15 is 0 Å². The highest BCUT2D eigenvalue weighted by Gasteiger charge is 2.27. The summed E-state index contributed by atoms with van der Waals surface area (Å²) in [5.74, 6) is 0. The van der Waals surface area contributed by atoms with Crippen LogP contribution in [-0.2, 0) is 6.54 Å². The summed E-state index contributed by atoms with van der Waals surface area (Å²) >= 11 is 0. The molecule has 2 N–H and O–H groups in total. The number of hydrogen-bond donors (Lipinski definition) is 2. The topological polar surface area (TPSA) is 52.6 Å². The molecule has 0 aliphatic carbocycles. The number of amides is 2. The van der Waals surface area contributed by atoms with E-state index < -0.39 is 0 Å². The fourth-order valence-electron chi connectivity index (χ4n) is 2.17. The summed E-state index contributed by atoms with van der Waals surface area (Å²) in [7, 11) is 0. The van der Waals surface area contributed by atoms with Crippen LogP contribution in [0.2, 0.25) is 0 Å². The van der Waals surface area contributed by atoms with Crippen LogP contribution in [0.5, 0.6) is 0 Å². The Bertz CT molecular complexity index is 367. The predicted molar refractivity (Wildman–Crippen MR) is 65.5 cm³/mol. The van der Waals surface area contributed by atoms with Gasteiger partial charge in [0.25, 0.3) is 0 Å². The van der Waals surface area contributed by atoms with Gasteiger partial charge in [-0.05, 0) is 18.4 Å². The number of nitrogens with zero attached hydrogens (tertiary/aromatic N) is 1. The fraction of sp³-hybridized carbons (Fsp3) is 0.462. The molecule has 0 aromatic heterocycles. The molecule has 1 aromatic rings. The minimum Gasteiger partial charge on any atom is -0.394 e. The van der Waals surface area contributed by atoms with Crippen LogP contribution in [0.15, 0.2) is 30.3 Å². The van der Waals surface area contributed by atoms with Gasteiger partial charge in [-0.1, -0.05) is 30.3 Å². The molecular formula is C13H18N2O2. The van der Waals surface area contributed by atoms with E-state index in [1.54, 1.807) is 4.90 Å². The van der Waals surface area contributed by atoms with Gasteiger partial charge in [0.05, 0.1) is 12.6 Å². The second kappa shape index (κ2) is 5.68. The van der Waals surface area contributed by atoms with Gasteiger partial charge in [-0.15, -0.1) is 0 Å². The monoisotopic (exact) mass is 234 g/mol. The molecule has 0 saturated carbocycles. The Morgan fingerprint density at radius 1 is 1.41 bits per heavy atom. The number of urea groups is 1. The summed E-state index contributed by atoms with van der Waals surface area (Å²) in [6.07, 6.45) is 1.87. The van der Waals surface area contributed by atoms with Gasteiger partial charge in [0.15, 0.2) is 0 Å². The van der Waals surface area contributed by atoms with Crippen molar-refractivity contribution in [3.05, 3.63) is 35.9 Å². The van der Waals surface area contributed by atoms with E-state index in [9.17, 15) is 4.79 Å². The summed E-state index contributed by atoms with van der Waals surface area (Å²) in [4.78, 5) is 13.6. The molecule has 1 aliphatic heterocycles. The van der Waals surface area contributed by atoms with Gasteiger partial charge >= 0.3 is 6.03 Å². The number of carbonyl (C=O) groups is 1. The minimum atomic E-state index is -0.0783. The van der Waals surface area contributed by atoms with Gasteiger partial charge in [0, 0.05) is 13.1 Å². The maximum Gasteiger partial charge on any atom is 0.317 e. The van der Waals surface area contributed by atoms with Crippen LogP contribution in [0.1, 0.15) is 18.4 Å². The van der Waals surface area contributed by atoms with Crippen molar-refractivity contribution in [3.63, 3.8) is 0 Å². The van der Waals surface area contributed by atoms with Gasteiger partial charge in [-0.25, -0.2) is 4.79 Å². The smallest absolute Gasteiger partial charge is 0.317 e. The average Bonchev–Trinajstić information content (AvgIpc) is 2.85. The van der Waals surface area contributed by atoms with Gasteiger partial charge in [-0.3, -0.25) is 0 Å². The molecule has 0 radical (unpaired) electrons. The maximum absolute atomic E-state index is 11.9. The van der Waals surface area contributed by atoms with Crippen LogP contribution in [0, 0.1) is 0 Å². The van der Waals surface area contributed by atoms with Crippen LogP contribution >= 0.6 is 0 Å². The third kappa shape index (κ3) is 2.97. The average molecular weight is 234 g/mol. The number of benzene rings is 1. The van der Waals surface area contributed by atoms with Crippen LogP contribution in [0.25, 0.3) is 0 Å². The van der Waals surface area contributed by atoms with Crippen LogP contribution in [0.3, 0.4) is 0 Å². The van der Waals surface area contributed by atoms with E-state index in [4.69, 9.17) is 5.11 Å². The van der Waals surface area contributed by atoms with Crippen molar-refractivity contribution < 1.29 is 9.90 Å². The Kier molecular flexibility index (Phi) is 3.98. The number of likely N-dealkylation sites (tertiary alicyclic amines) is 1. The number of hydrogen-bond acceptors (Lipinski definition) is 2. The Morgan fingerprint density at radius 3 is 2.88 bits per heavy atom. The van der Waals surface area contributed by atoms with Crippen molar-refractivity contribution in [1.82, 2.24) is 10.2 Å². The molecule has 1 heterocycles. The van der Waals surface area contributed by atoms with Crippen LogP contribution in [0.4, 0.5) is 4.79 Å². The zero-order chi connectivity index (χ0) is 12.1. The van der Waals surface area contributed by atoms with E-state index in [0.29, 0.717) is 6.54 Å². The lowest BCUT2D eigenvalue weighted by Crippen LogP contribution is -2.43. The lowest BCUT2D eigenvalue weighted by atomic mass is 10.2. The molecule has 2 amide bonds. The quantitative estimate of drug-likeness (QED) is 0.829. The number of rotatable bonds is 3. The highest BCUT2D eigenvalue weighted by atomic mass is 16.3. The fourth-order valence-corrected chi connectivity index (χ4v) is 2.17. The number of carbonyl (C=O) groups excluding carboxylic acids is 1. The summed E-state index contributed by atoms with van der Waals surface area (Å²) in [6.45, 7) is 1.33. The molecule has 2 rings (SSSR count). The van der Waals surface area contributed by atoms with E-state index in [1.165, 1.54) is 0 Å². The molecule has 1 aromatic carbocycles. The molecule has 4 nitrogen and oxygen atoms in total.